The smallest absolute Gasteiger partial charge is 0.206 e. The molecule has 2 fully saturated rings. The van der Waals surface area contributed by atoms with E-state index in [1.807, 2.05) is 19.1 Å². The second-order valence-electron chi connectivity index (χ2n) is 6.65. The van der Waals surface area contributed by atoms with Crippen molar-refractivity contribution in [2.45, 2.75) is 29.9 Å². The van der Waals surface area contributed by atoms with E-state index in [1.54, 1.807) is 10.4 Å². The first-order chi connectivity index (χ1) is 10.5. The second-order valence-corrected chi connectivity index (χ2v) is 10.1. The summed E-state index contributed by atoms with van der Waals surface area (Å²) < 4.78 is 27.2. The van der Waals surface area contributed by atoms with E-state index in [9.17, 15) is 8.42 Å². The molecule has 22 heavy (non-hydrogen) atoms. The average Bonchev–Trinajstić information content (AvgIpc) is 2.84. The molecule has 1 saturated heterocycles. The minimum absolute atomic E-state index is 0.236. The SMILES string of the molecule is Cc1ccc(S(=O)(=O)N2CC3(CC(c4ccccc4)C3)C2)s1. The highest BCUT2D eigenvalue weighted by atomic mass is 32.2. The normalized spacial score (nSPS) is 21.5. The fourth-order valence-corrected chi connectivity index (χ4v) is 6.86. The monoisotopic (exact) mass is 333 g/mol. The molecule has 1 saturated carbocycles. The Morgan fingerprint density at radius 1 is 1.09 bits per heavy atom. The molecule has 5 heteroatoms. The summed E-state index contributed by atoms with van der Waals surface area (Å²) in [6.45, 7) is 3.32. The predicted octanol–water partition coefficient (Wildman–Crippen LogP) is 3.62. The van der Waals surface area contributed by atoms with E-state index in [-0.39, 0.29) is 5.41 Å². The predicted molar refractivity (Wildman–Crippen MR) is 88.7 cm³/mol. The molecule has 1 aromatic heterocycles. The van der Waals surface area contributed by atoms with Gasteiger partial charge in [-0.3, -0.25) is 0 Å². The Bertz CT molecular complexity index is 781. The minimum Gasteiger partial charge on any atom is -0.206 e. The highest BCUT2D eigenvalue weighted by Crippen LogP contribution is 2.57. The first kappa shape index (κ1) is 14.4. The fourth-order valence-electron chi connectivity index (χ4n) is 3.75. The maximum atomic E-state index is 12.5. The number of nitrogens with zero attached hydrogens (tertiary/aromatic N) is 1. The standard InChI is InChI=1S/C17H19NO2S2/c1-13-7-8-16(21-13)22(19,20)18-11-17(12-18)9-15(10-17)14-5-3-2-4-6-14/h2-8,15H,9-12H2,1H3. The van der Waals surface area contributed by atoms with Gasteiger partial charge in [-0.25, -0.2) is 8.42 Å². The Labute approximate surface area is 135 Å². The van der Waals surface area contributed by atoms with Crippen LogP contribution in [0.1, 0.15) is 29.2 Å². The van der Waals surface area contributed by atoms with E-state index in [4.69, 9.17) is 0 Å². The number of aryl methyl sites for hydroxylation is 1. The molecule has 2 heterocycles. The summed E-state index contributed by atoms with van der Waals surface area (Å²) >= 11 is 1.37. The fraction of sp³-hybridized carbons (Fsp3) is 0.412. The molecule has 116 valence electrons. The third kappa shape index (κ3) is 2.23. The zero-order valence-electron chi connectivity index (χ0n) is 12.5. The van der Waals surface area contributed by atoms with Crippen molar-refractivity contribution >= 4 is 21.4 Å². The third-order valence-electron chi connectivity index (χ3n) is 4.96. The van der Waals surface area contributed by atoms with E-state index < -0.39 is 10.0 Å². The molecule has 2 aromatic rings. The molecule has 1 spiro atoms. The molecule has 0 atom stereocenters. The lowest BCUT2D eigenvalue weighted by atomic mass is 9.57. The van der Waals surface area contributed by atoms with Gasteiger partial charge in [-0.15, -0.1) is 11.3 Å². The highest BCUT2D eigenvalue weighted by Gasteiger charge is 2.55. The second kappa shape index (κ2) is 4.91. The summed E-state index contributed by atoms with van der Waals surface area (Å²) in [6.07, 6.45) is 2.24. The summed E-state index contributed by atoms with van der Waals surface area (Å²) in [5, 5.41) is 0. The lowest BCUT2D eigenvalue weighted by Crippen LogP contribution is -2.62. The van der Waals surface area contributed by atoms with Crippen LogP contribution < -0.4 is 0 Å². The Kier molecular flexibility index (Phi) is 3.22. The molecule has 0 unspecified atom stereocenters. The van der Waals surface area contributed by atoms with Gasteiger partial charge in [-0.1, -0.05) is 30.3 Å². The molecule has 1 aliphatic heterocycles. The van der Waals surface area contributed by atoms with Crippen LogP contribution in [-0.4, -0.2) is 25.8 Å². The van der Waals surface area contributed by atoms with Crippen LogP contribution in [0, 0.1) is 12.3 Å². The molecule has 4 rings (SSSR count). The number of rotatable bonds is 3. The quantitative estimate of drug-likeness (QED) is 0.860. The lowest BCUT2D eigenvalue weighted by Gasteiger charge is -2.58. The largest absolute Gasteiger partial charge is 0.252 e. The van der Waals surface area contributed by atoms with E-state index in [2.05, 4.69) is 24.3 Å². The minimum atomic E-state index is -3.26. The van der Waals surface area contributed by atoms with Crippen molar-refractivity contribution < 1.29 is 8.42 Å². The molecular weight excluding hydrogens is 314 g/mol. The van der Waals surface area contributed by atoms with Crippen molar-refractivity contribution in [2.75, 3.05) is 13.1 Å². The van der Waals surface area contributed by atoms with Gasteiger partial charge < -0.3 is 0 Å². The van der Waals surface area contributed by atoms with Crippen molar-refractivity contribution in [2.24, 2.45) is 5.41 Å². The Balaban J connectivity index is 1.41. The van der Waals surface area contributed by atoms with Gasteiger partial charge in [0.1, 0.15) is 4.21 Å². The number of thiophene rings is 1. The molecule has 0 amide bonds. The highest BCUT2D eigenvalue weighted by molar-refractivity contribution is 7.91. The summed E-state index contributed by atoms with van der Waals surface area (Å²) in [4.78, 5) is 1.04. The van der Waals surface area contributed by atoms with Gasteiger partial charge in [0.15, 0.2) is 0 Å². The summed E-state index contributed by atoms with van der Waals surface area (Å²) in [7, 11) is -3.26. The van der Waals surface area contributed by atoms with Crippen molar-refractivity contribution in [3.63, 3.8) is 0 Å². The third-order valence-corrected chi connectivity index (χ3v) is 8.22. The Morgan fingerprint density at radius 2 is 1.77 bits per heavy atom. The van der Waals surface area contributed by atoms with Crippen LogP contribution in [0.25, 0.3) is 0 Å². The average molecular weight is 333 g/mol. The zero-order chi connectivity index (χ0) is 15.4. The van der Waals surface area contributed by atoms with Gasteiger partial charge in [0, 0.05) is 18.0 Å². The van der Waals surface area contributed by atoms with Crippen LogP contribution in [0.3, 0.4) is 0 Å². The van der Waals surface area contributed by atoms with Crippen LogP contribution in [0.15, 0.2) is 46.7 Å². The molecule has 3 nitrogen and oxygen atoms in total. The number of benzene rings is 1. The molecular formula is C17H19NO2S2. The molecule has 0 bridgehead atoms. The van der Waals surface area contributed by atoms with Gasteiger partial charge in [-0.2, -0.15) is 4.31 Å². The topological polar surface area (TPSA) is 37.4 Å². The van der Waals surface area contributed by atoms with Gasteiger partial charge in [-0.05, 0) is 48.8 Å². The van der Waals surface area contributed by atoms with Gasteiger partial charge in [0.05, 0.1) is 0 Å². The van der Waals surface area contributed by atoms with Crippen LogP contribution in [0.4, 0.5) is 0 Å². The summed E-state index contributed by atoms with van der Waals surface area (Å²) in [5.74, 6) is 0.607. The van der Waals surface area contributed by atoms with Crippen molar-refractivity contribution in [3.05, 3.63) is 52.9 Å². The number of hydrogen-bond donors (Lipinski definition) is 0. The van der Waals surface area contributed by atoms with Crippen molar-refractivity contribution in [1.29, 1.82) is 0 Å². The Morgan fingerprint density at radius 3 is 2.36 bits per heavy atom. The molecule has 1 aliphatic carbocycles. The summed E-state index contributed by atoms with van der Waals surface area (Å²) in [6, 6.07) is 14.2. The number of sulfonamides is 1. The Hall–Kier alpha value is -1.17. The number of hydrogen-bond acceptors (Lipinski definition) is 3. The maximum Gasteiger partial charge on any atom is 0.252 e. The van der Waals surface area contributed by atoms with E-state index >= 15 is 0 Å². The van der Waals surface area contributed by atoms with Crippen molar-refractivity contribution in [3.8, 4) is 0 Å². The first-order valence-electron chi connectivity index (χ1n) is 7.60. The van der Waals surface area contributed by atoms with E-state index in [0.29, 0.717) is 23.2 Å². The lowest BCUT2D eigenvalue weighted by molar-refractivity contribution is -0.0254. The summed E-state index contributed by atoms with van der Waals surface area (Å²) in [5.41, 5.74) is 1.63. The zero-order valence-corrected chi connectivity index (χ0v) is 14.2. The van der Waals surface area contributed by atoms with Crippen LogP contribution in [0.5, 0.6) is 0 Å². The van der Waals surface area contributed by atoms with E-state index in [1.165, 1.54) is 16.9 Å². The van der Waals surface area contributed by atoms with Crippen LogP contribution in [-0.2, 0) is 10.0 Å². The molecule has 1 aromatic carbocycles. The van der Waals surface area contributed by atoms with Gasteiger partial charge in [0.25, 0.3) is 10.0 Å². The maximum absolute atomic E-state index is 12.5. The van der Waals surface area contributed by atoms with Crippen LogP contribution in [0.2, 0.25) is 0 Å². The molecule has 0 N–H and O–H groups in total. The molecule has 2 aliphatic rings. The van der Waals surface area contributed by atoms with E-state index in [0.717, 1.165) is 17.7 Å². The van der Waals surface area contributed by atoms with Gasteiger partial charge in [0.2, 0.25) is 0 Å². The molecule has 0 radical (unpaired) electrons. The van der Waals surface area contributed by atoms with Crippen molar-refractivity contribution in [1.82, 2.24) is 4.31 Å². The van der Waals surface area contributed by atoms with Gasteiger partial charge >= 0.3 is 0 Å². The van der Waals surface area contributed by atoms with Crippen LogP contribution >= 0.6 is 11.3 Å². The first-order valence-corrected chi connectivity index (χ1v) is 9.86.